The molecular formula is C12H21N5O. The predicted molar refractivity (Wildman–Crippen MR) is 70.5 cm³/mol. The summed E-state index contributed by atoms with van der Waals surface area (Å²) in [5, 5.41) is 3.26. The lowest BCUT2D eigenvalue weighted by molar-refractivity contribution is 0.144. The van der Waals surface area contributed by atoms with E-state index in [4.69, 9.17) is 10.5 Å². The van der Waals surface area contributed by atoms with E-state index in [0.717, 1.165) is 6.54 Å². The van der Waals surface area contributed by atoms with E-state index < -0.39 is 0 Å². The number of nitrogens with zero attached hydrogens (tertiary/aromatic N) is 3. The Balaban J connectivity index is 2.00. The number of anilines is 2. The van der Waals surface area contributed by atoms with Gasteiger partial charge in [0.25, 0.3) is 0 Å². The van der Waals surface area contributed by atoms with Gasteiger partial charge in [-0.2, -0.15) is 15.0 Å². The van der Waals surface area contributed by atoms with Gasteiger partial charge in [-0.1, -0.05) is 13.3 Å². The zero-order valence-electron chi connectivity index (χ0n) is 11.1. The second-order valence-electron chi connectivity index (χ2n) is 4.79. The van der Waals surface area contributed by atoms with Gasteiger partial charge in [0, 0.05) is 6.54 Å². The molecule has 18 heavy (non-hydrogen) atoms. The van der Waals surface area contributed by atoms with Crippen molar-refractivity contribution in [3.63, 3.8) is 0 Å². The molecule has 6 nitrogen and oxygen atoms in total. The van der Waals surface area contributed by atoms with Gasteiger partial charge in [-0.3, -0.25) is 0 Å². The average Bonchev–Trinajstić information content (AvgIpc) is 2.28. The van der Waals surface area contributed by atoms with Crippen LogP contribution in [0.25, 0.3) is 0 Å². The van der Waals surface area contributed by atoms with Crippen LogP contribution in [0.2, 0.25) is 0 Å². The van der Waals surface area contributed by atoms with Crippen molar-refractivity contribution in [3.05, 3.63) is 0 Å². The third kappa shape index (κ3) is 2.80. The lowest BCUT2D eigenvalue weighted by atomic mass is 9.67. The SMILES string of the molecule is CCOc1nc(N)nc(NCC2(CC)CCC2)n1. The molecule has 0 unspecified atom stereocenters. The molecule has 1 fully saturated rings. The Hall–Kier alpha value is -1.59. The Morgan fingerprint density at radius 2 is 2.06 bits per heavy atom. The van der Waals surface area contributed by atoms with E-state index in [1.165, 1.54) is 25.7 Å². The Kier molecular flexibility index (Phi) is 3.84. The molecule has 1 saturated carbocycles. The van der Waals surface area contributed by atoms with E-state index in [2.05, 4.69) is 27.2 Å². The minimum atomic E-state index is 0.190. The van der Waals surface area contributed by atoms with Gasteiger partial charge < -0.3 is 15.8 Å². The topological polar surface area (TPSA) is 86.0 Å². The number of ether oxygens (including phenoxy) is 1. The van der Waals surface area contributed by atoms with Crippen LogP contribution in [0.4, 0.5) is 11.9 Å². The lowest BCUT2D eigenvalue weighted by Crippen LogP contribution is -2.36. The number of rotatable bonds is 6. The Morgan fingerprint density at radius 3 is 2.61 bits per heavy atom. The van der Waals surface area contributed by atoms with Crippen LogP contribution in [-0.2, 0) is 0 Å². The molecule has 0 saturated heterocycles. The summed E-state index contributed by atoms with van der Waals surface area (Å²) in [5.41, 5.74) is 6.04. The van der Waals surface area contributed by atoms with Crippen molar-refractivity contribution >= 4 is 11.9 Å². The Labute approximate surface area is 107 Å². The van der Waals surface area contributed by atoms with E-state index in [-0.39, 0.29) is 12.0 Å². The van der Waals surface area contributed by atoms with Gasteiger partial charge in [0.05, 0.1) is 6.61 Å². The molecule has 1 aliphatic rings. The van der Waals surface area contributed by atoms with Crippen LogP contribution in [0.1, 0.15) is 39.5 Å². The van der Waals surface area contributed by atoms with Gasteiger partial charge in [0.1, 0.15) is 0 Å². The maximum absolute atomic E-state index is 5.63. The first kappa shape index (κ1) is 12.9. The molecule has 1 aliphatic carbocycles. The van der Waals surface area contributed by atoms with Crippen molar-refractivity contribution < 1.29 is 4.74 Å². The smallest absolute Gasteiger partial charge is 0.323 e. The number of aromatic nitrogens is 3. The highest BCUT2D eigenvalue weighted by Gasteiger charge is 2.34. The monoisotopic (exact) mass is 251 g/mol. The highest BCUT2D eigenvalue weighted by Crippen LogP contribution is 2.43. The first-order valence-corrected chi connectivity index (χ1v) is 6.56. The normalized spacial score (nSPS) is 17.0. The largest absolute Gasteiger partial charge is 0.464 e. The van der Waals surface area contributed by atoms with Crippen molar-refractivity contribution in [1.82, 2.24) is 15.0 Å². The van der Waals surface area contributed by atoms with Crippen LogP contribution in [0.15, 0.2) is 0 Å². The van der Waals surface area contributed by atoms with E-state index in [0.29, 0.717) is 18.0 Å². The zero-order valence-corrected chi connectivity index (χ0v) is 11.1. The summed E-state index contributed by atoms with van der Waals surface area (Å²) in [6.07, 6.45) is 5.04. The van der Waals surface area contributed by atoms with Gasteiger partial charge >= 0.3 is 6.01 Å². The molecule has 100 valence electrons. The van der Waals surface area contributed by atoms with Gasteiger partial charge in [0.15, 0.2) is 0 Å². The Morgan fingerprint density at radius 1 is 1.28 bits per heavy atom. The van der Waals surface area contributed by atoms with Crippen molar-refractivity contribution in [1.29, 1.82) is 0 Å². The number of hydrogen-bond acceptors (Lipinski definition) is 6. The van der Waals surface area contributed by atoms with Gasteiger partial charge in [-0.15, -0.1) is 0 Å². The molecule has 3 N–H and O–H groups in total. The molecule has 6 heteroatoms. The van der Waals surface area contributed by atoms with E-state index in [9.17, 15) is 0 Å². The first-order valence-electron chi connectivity index (χ1n) is 6.56. The molecule has 0 spiro atoms. The summed E-state index contributed by atoms with van der Waals surface area (Å²) < 4.78 is 5.24. The predicted octanol–water partition coefficient (Wildman–Crippen LogP) is 1.84. The average molecular weight is 251 g/mol. The van der Waals surface area contributed by atoms with Crippen molar-refractivity contribution in [2.24, 2.45) is 5.41 Å². The number of nitrogen functional groups attached to an aromatic ring is 1. The fraction of sp³-hybridized carbons (Fsp3) is 0.750. The molecule has 1 heterocycles. The van der Waals surface area contributed by atoms with Gasteiger partial charge in [-0.25, -0.2) is 0 Å². The maximum Gasteiger partial charge on any atom is 0.323 e. The summed E-state index contributed by atoms with van der Waals surface area (Å²) in [6, 6.07) is 0.284. The molecule has 1 aromatic heterocycles. The van der Waals surface area contributed by atoms with Gasteiger partial charge in [-0.05, 0) is 31.6 Å². The van der Waals surface area contributed by atoms with Gasteiger partial charge in [0.2, 0.25) is 11.9 Å². The number of nitrogens with one attached hydrogen (secondary N) is 1. The van der Waals surface area contributed by atoms with Crippen LogP contribution < -0.4 is 15.8 Å². The number of nitrogens with two attached hydrogens (primary N) is 1. The minimum Gasteiger partial charge on any atom is -0.464 e. The highest BCUT2D eigenvalue weighted by atomic mass is 16.5. The van der Waals surface area contributed by atoms with E-state index in [1.807, 2.05) is 6.92 Å². The minimum absolute atomic E-state index is 0.190. The van der Waals surface area contributed by atoms with Crippen LogP contribution in [-0.4, -0.2) is 28.1 Å². The van der Waals surface area contributed by atoms with E-state index in [1.54, 1.807) is 0 Å². The van der Waals surface area contributed by atoms with Crippen LogP contribution in [0.5, 0.6) is 6.01 Å². The standard InChI is InChI=1S/C12H21N5O/c1-3-12(6-5-7-12)8-14-10-15-9(13)16-11(17-10)18-4-2/h3-8H2,1-2H3,(H3,13,14,15,16,17). The molecule has 0 radical (unpaired) electrons. The molecule has 0 aliphatic heterocycles. The maximum atomic E-state index is 5.63. The Bertz CT molecular complexity index is 400. The first-order chi connectivity index (χ1) is 8.67. The molecule has 0 bridgehead atoms. The fourth-order valence-electron chi connectivity index (χ4n) is 2.24. The third-order valence-electron chi connectivity index (χ3n) is 3.69. The molecule has 0 amide bonds. The summed E-state index contributed by atoms with van der Waals surface area (Å²) in [5.74, 6) is 0.695. The molecular weight excluding hydrogens is 230 g/mol. The molecule has 2 rings (SSSR count). The zero-order chi connectivity index (χ0) is 13.0. The van der Waals surface area contributed by atoms with E-state index >= 15 is 0 Å². The van der Waals surface area contributed by atoms with Crippen molar-refractivity contribution in [3.8, 4) is 6.01 Å². The van der Waals surface area contributed by atoms with Crippen molar-refractivity contribution in [2.75, 3.05) is 24.2 Å². The highest BCUT2D eigenvalue weighted by molar-refractivity contribution is 5.33. The summed E-state index contributed by atoms with van der Waals surface area (Å²) in [4.78, 5) is 12.2. The second kappa shape index (κ2) is 5.37. The number of hydrogen-bond donors (Lipinski definition) is 2. The van der Waals surface area contributed by atoms with Crippen LogP contribution in [0.3, 0.4) is 0 Å². The summed E-state index contributed by atoms with van der Waals surface area (Å²) in [6.45, 7) is 5.52. The van der Waals surface area contributed by atoms with Crippen molar-refractivity contribution in [2.45, 2.75) is 39.5 Å². The quantitative estimate of drug-likeness (QED) is 0.802. The summed E-state index contributed by atoms with van der Waals surface area (Å²) in [7, 11) is 0. The second-order valence-corrected chi connectivity index (χ2v) is 4.79. The molecule has 1 aromatic rings. The van der Waals surface area contributed by atoms with Crippen LogP contribution in [0, 0.1) is 5.41 Å². The lowest BCUT2D eigenvalue weighted by Gasteiger charge is -2.41. The molecule has 0 aromatic carbocycles. The third-order valence-corrected chi connectivity index (χ3v) is 3.69. The molecule has 0 atom stereocenters. The fourth-order valence-corrected chi connectivity index (χ4v) is 2.24. The summed E-state index contributed by atoms with van der Waals surface area (Å²) >= 11 is 0. The van der Waals surface area contributed by atoms with Crippen LogP contribution >= 0.6 is 0 Å².